The lowest BCUT2D eigenvalue weighted by atomic mass is 10.4. The van der Waals surface area contributed by atoms with Crippen molar-refractivity contribution in [1.29, 1.82) is 0 Å². The molecular formula is C5H4FIN2O. The van der Waals surface area contributed by atoms with Gasteiger partial charge in [0.05, 0.1) is 5.69 Å². The average Bonchev–Trinajstić information content (AvgIpc) is 1.82. The number of aromatic nitrogens is 1. The fourth-order valence-electron chi connectivity index (χ4n) is 0.530. The van der Waals surface area contributed by atoms with Crippen LogP contribution in [0.25, 0.3) is 0 Å². The zero-order valence-corrected chi connectivity index (χ0v) is 6.98. The molecule has 0 saturated heterocycles. The van der Waals surface area contributed by atoms with Gasteiger partial charge in [0.25, 0.3) is 5.56 Å². The number of pyridine rings is 1. The fourth-order valence-corrected chi connectivity index (χ4v) is 0.821. The van der Waals surface area contributed by atoms with Gasteiger partial charge < -0.3 is 5.73 Å². The minimum atomic E-state index is -0.706. The first kappa shape index (κ1) is 7.52. The van der Waals surface area contributed by atoms with Crippen LogP contribution in [-0.2, 0) is 0 Å². The molecule has 3 N–H and O–H groups in total. The lowest BCUT2D eigenvalue weighted by Crippen LogP contribution is -2.13. The number of H-pyrrole nitrogens is 1. The molecule has 0 aliphatic carbocycles. The van der Waals surface area contributed by atoms with E-state index in [1.807, 2.05) is 4.98 Å². The number of nitrogen functional groups attached to an aromatic ring is 1. The molecule has 54 valence electrons. The highest BCUT2D eigenvalue weighted by molar-refractivity contribution is 14.1. The summed E-state index contributed by atoms with van der Waals surface area (Å²) < 4.78 is 12.6. The molecule has 5 heteroatoms. The Morgan fingerprint density at radius 2 is 2.30 bits per heavy atom. The Balaban J connectivity index is 3.46. The molecule has 0 unspecified atom stereocenters. The molecule has 1 rings (SSSR count). The Hall–Kier alpha value is -0.590. The average molecular weight is 254 g/mol. The summed E-state index contributed by atoms with van der Waals surface area (Å²) in [6, 6.07) is 1.07. The molecule has 0 aliphatic heterocycles. The monoisotopic (exact) mass is 254 g/mol. The molecule has 0 aliphatic rings. The van der Waals surface area contributed by atoms with Crippen molar-refractivity contribution in [3.8, 4) is 0 Å². The van der Waals surface area contributed by atoms with E-state index in [-0.39, 0.29) is 5.69 Å². The van der Waals surface area contributed by atoms with Crippen LogP contribution < -0.4 is 11.3 Å². The normalized spacial score (nSPS) is 9.80. The van der Waals surface area contributed by atoms with E-state index < -0.39 is 11.5 Å². The van der Waals surface area contributed by atoms with Crippen molar-refractivity contribution in [2.45, 2.75) is 0 Å². The molecule has 10 heavy (non-hydrogen) atoms. The predicted molar refractivity (Wildman–Crippen MR) is 44.2 cm³/mol. The van der Waals surface area contributed by atoms with E-state index in [1.165, 1.54) is 0 Å². The summed E-state index contributed by atoms with van der Waals surface area (Å²) in [6.07, 6.45) is 0. The van der Waals surface area contributed by atoms with Gasteiger partial charge in [-0.05, 0) is 22.6 Å². The fraction of sp³-hybridized carbons (Fsp3) is 0. The molecular weight excluding hydrogens is 250 g/mol. The third-order valence-electron chi connectivity index (χ3n) is 0.968. The summed E-state index contributed by atoms with van der Waals surface area (Å²) in [7, 11) is 0. The summed E-state index contributed by atoms with van der Waals surface area (Å²) in [5, 5.41) is 0. The van der Waals surface area contributed by atoms with Crippen molar-refractivity contribution < 1.29 is 4.39 Å². The molecule has 0 radical (unpaired) electrons. The molecule has 0 atom stereocenters. The smallest absolute Gasteiger partial charge is 0.265 e. The minimum Gasteiger partial charge on any atom is -0.398 e. The number of rotatable bonds is 0. The van der Waals surface area contributed by atoms with Gasteiger partial charge in [0, 0.05) is 6.07 Å². The van der Waals surface area contributed by atoms with E-state index in [1.54, 1.807) is 22.6 Å². The van der Waals surface area contributed by atoms with E-state index in [0.717, 1.165) is 6.07 Å². The Morgan fingerprint density at radius 3 is 2.80 bits per heavy atom. The van der Waals surface area contributed by atoms with E-state index in [2.05, 4.69) is 0 Å². The van der Waals surface area contributed by atoms with E-state index in [4.69, 9.17) is 5.73 Å². The molecule has 0 amide bonds. The van der Waals surface area contributed by atoms with Crippen LogP contribution in [0.5, 0.6) is 0 Å². The predicted octanol–water partition coefficient (Wildman–Crippen LogP) is 0.701. The number of nitrogens with two attached hydrogens (primary N) is 1. The highest BCUT2D eigenvalue weighted by atomic mass is 127. The van der Waals surface area contributed by atoms with Gasteiger partial charge in [-0.2, -0.15) is 4.39 Å². The van der Waals surface area contributed by atoms with Gasteiger partial charge in [0.2, 0.25) is 0 Å². The van der Waals surface area contributed by atoms with Crippen LogP contribution in [0, 0.1) is 9.52 Å². The van der Waals surface area contributed by atoms with Crippen LogP contribution in [0.2, 0.25) is 0 Å². The Bertz CT molecular complexity index is 309. The van der Waals surface area contributed by atoms with Crippen molar-refractivity contribution in [3.05, 3.63) is 25.9 Å². The number of hydrogen-bond acceptors (Lipinski definition) is 2. The zero-order chi connectivity index (χ0) is 7.72. The van der Waals surface area contributed by atoms with Crippen molar-refractivity contribution in [2.24, 2.45) is 0 Å². The highest BCUT2D eigenvalue weighted by Crippen LogP contribution is 2.08. The van der Waals surface area contributed by atoms with Crippen molar-refractivity contribution in [3.63, 3.8) is 0 Å². The maximum atomic E-state index is 12.3. The Labute approximate surface area is 69.6 Å². The molecule has 0 spiro atoms. The van der Waals surface area contributed by atoms with Gasteiger partial charge in [-0.15, -0.1) is 0 Å². The minimum absolute atomic E-state index is 0.168. The molecule has 0 fully saturated rings. The zero-order valence-electron chi connectivity index (χ0n) is 4.82. The summed E-state index contributed by atoms with van der Waals surface area (Å²) in [5.74, 6) is -0.706. The van der Waals surface area contributed by atoms with E-state index >= 15 is 0 Å². The van der Waals surface area contributed by atoms with E-state index in [0.29, 0.717) is 3.57 Å². The van der Waals surface area contributed by atoms with Crippen LogP contribution in [0.1, 0.15) is 0 Å². The molecule has 1 heterocycles. The lowest BCUT2D eigenvalue weighted by molar-refractivity contribution is 0.579. The molecule has 3 nitrogen and oxygen atoms in total. The summed E-state index contributed by atoms with van der Waals surface area (Å²) in [6.45, 7) is 0. The number of anilines is 1. The number of hydrogen-bond donors (Lipinski definition) is 2. The van der Waals surface area contributed by atoms with Crippen LogP contribution in [-0.4, -0.2) is 4.98 Å². The molecule has 1 aromatic rings. The third kappa shape index (κ3) is 1.28. The topological polar surface area (TPSA) is 58.9 Å². The SMILES string of the molecule is Nc1cc(F)[nH]c(=O)c1I. The van der Waals surface area contributed by atoms with Crippen molar-refractivity contribution in [1.82, 2.24) is 4.98 Å². The van der Waals surface area contributed by atoms with Gasteiger partial charge in [-0.25, -0.2) is 0 Å². The van der Waals surface area contributed by atoms with Gasteiger partial charge in [0.1, 0.15) is 3.57 Å². The van der Waals surface area contributed by atoms with E-state index in [9.17, 15) is 9.18 Å². The van der Waals surface area contributed by atoms with Gasteiger partial charge in [-0.1, -0.05) is 0 Å². The van der Waals surface area contributed by atoms with Crippen molar-refractivity contribution in [2.75, 3.05) is 5.73 Å². The first-order valence-corrected chi connectivity index (χ1v) is 3.53. The second kappa shape index (κ2) is 2.57. The first-order chi connectivity index (χ1) is 4.61. The second-order valence-electron chi connectivity index (χ2n) is 1.72. The van der Waals surface area contributed by atoms with Crippen LogP contribution in [0.3, 0.4) is 0 Å². The molecule has 0 aromatic carbocycles. The van der Waals surface area contributed by atoms with Crippen molar-refractivity contribution >= 4 is 28.3 Å². The second-order valence-corrected chi connectivity index (χ2v) is 2.79. The largest absolute Gasteiger partial charge is 0.398 e. The molecule has 0 saturated carbocycles. The van der Waals surface area contributed by atoms with Gasteiger partial charge in [-0.3, -0.25) is 9.78 Å². The molecule has 0 bridgehead atoms. The summed E-state index contributed by atoms with van der Waals surface area (Å²) >= 11 is 1.75. The lowest BCUT2D eigenvalue weighted by Gasteiger charge is -1.94. The molecule has 1 aromatic heterocycles. The maximum Gasteiger partial charge on any atom is 0.265 e. The Kier molecular flexibility index (Phi) is 1.93. The van der Waals surface area contributed by atoms with Gasteiger partial charge >= 0.3 is 0 Å². The number of aromatic amines is 1. The summed E-state index contributed by atoms with van der Waals surface area (Å²) in [5.41, 5.74) is 4.93. The number of nitrogens with one attached hydrogen (secondary N) is 1. The van der Waals surface area contributed by atoms with Crippen LogP contribution in [0.15, 0.2) is 10.9 Å². The highest BCUT2D eigenvalue weighted by Gasteiger charge is 2.01. The van der Waals surface area contributed by atoms with Crippen LogP contribution >= 0.6 is 22.6 Å². The first-order valence-electron chi connectivity index (χ1n) is 2.45. The van der Waals surface area contributed by atoms with Crippen LogP contribution in [0.4, 0.5) is 10.1 Å². The Morgan fingerprint density at radius 1 is 1.70 bits per heavy atom. The maximum absolute atomic E-state index is 12.3. The third-order valence-corrected chi connectivity index (χ3v) is 2.08. The quantitative estimate of drug-likeness (QED) is 0.529. The number of halogens is 2. The summed E-state index contributed by atoms with van der Waals surface area (Å²) in [4.78, 5) is 12.6. The standard InChI is InChI=1S/C5H4FIN2O/c6-3-1-2(8)4(7)5(10)9-3/h1H,(H3,8,9,10). The van der Waals surface area contributed by atoms with Gasteiger partial charge in [0.15, 0.2) is 5.95 Å².